The summed E-state index contributed by atoms with van der Waals surface area (Å²) < 4.78 is 0.974. The summed E-state index contributed by atoms with van der Waals surface area (Å²) >= 11 is 3.40. The van der Waals surface area contributed by atoms with Gasteiger partial charge in [-0.2, -0.15) is 0 Å². The van der Waals surface area contributed by atoms with Crippen molar-refractivity contribution in [1.29, 1.82) is 0 Å². The molecule has 1 atom stereocenters. The van der Waals surface area contributed by atoms with Crippen molar-refractivity contribution in [3.05, 3.63) is 70.2 Å². The van der Waals surface area contributed by atoms with Gasteiger partial charge in [0.25, 0.3) is 0 Å². The number of hydrogen-bond donors (Lipinski definition) is 2. The number of hydrogen-bond acceptors (Lipinski definition) is 2. The maximum absolute atomic E-state index is 12.5. The minimum Gasteiger partial charge on any atom is -0.351 e. The van der Waals surface area contributed by atoms with Gasteiger partial charge in [-0.05, 0) is 48.9 Å². The summed E-state index contributed by atoms with van der Waals surface area (Å²) in [7, 11) is 0. The van der Waals surface area contributed by atoms with Crippen molar-refractivity contribution in [3.63, 3.8) is 0 Å². The second kappa shape index (κ2) is 7.68. The van der Waals surface area contributed by atoms with E-state index in [0.717, 1.165) is 22.9 Å². The van der Waals surface area contributed by atoms with E-state index in [0.29, 0.717) is 5.92 Å². The van der Waals surface area contributed by atoms with Crippen LogP contribution in [0.5, 0.6) is 0 Å². The lowest BCUT2D eigenvalue weighted by molar-refractivity contribution is -0.127. The zero-order valence-corrected chi connectivity index (χ0v) is 15.9. The maximum Gasteiger partial charge on any atom is 0.244 e. The first kappa shape index (κ1) is 19.0. The molecule has 0 aliphatic heterocycles. The normalized spacial score (nSPS) is 21.8. The molecule has 0 spiro atoms. The highest BCUT2D eigenvalue weighted by Gasteiger charge is 2.36. The second-order valence-electron chi connectivity index (χ2n) is 6.46. The largest absolute Gasteiger partial charge is 0.351 e. The molecule has 24 heavy (non-hydrogen) atoms. The van der Waals surface area contributed by atoms with Crippen LogP contribution in [0.4, 0.5) is 0 Å². The molecule has 1 aliphatic carbocycles. The predicted molar refractivity (Wildman–Crippen MR) is 103 cm³/mol. The Balaban J connectivity index is 0.00000208. The maximum atomic E-state index is 12.5. The number of carbonyl (C=O) groups excluding carboxylic acids is 1. The van der Waals surface area contributed by atoms with Crippen LogP contribution >= 0.6 is 28.3 Å². The lowest BCUT2D eigenvalue weighted by atomic mass is 9.75. The molecule has 0 saturated heterocycles. The Labute approximate surface area is 157 Å². The molecular weight excluding hydrogens is 388 g/mol. The van der Waals surface area contributed by atoms with E-state index in [2.05, 4.69) is 45.5 Å². The van der Waals surface area contributed by atoms with Gasteiger partial charge in [-0.1, -0.05) is 58.4 Å². The Bertz CT molecular complexity index is 682. The van der Waals surface area contributed by atoms with E-state index in [1.165, 1.54) is 5.56 Å². The number of nitrogens with one attached hydrogen (secondary N) is 1. The highest BCUT2D eigenvalue weighted by molar-refractivity contribution is 9.10. The number of benzene rings is 2. The Hall–Kier alpha value is -1.36. The van der Waals surface area contributed by atoms with Crippen molar-refractivity contribution in [1.82, 2.24) is 5.32 Å². The van der Waals surface area contributed by atoms with Crippen molar-refractivity contribution in [2.45, 2.75) is 37.3 Å². The molecule has 0 aromatic heterocycles. The van der Waals surface area contributed by atoms with Crippen molar-refractivity contribution < 1.29 is 4.79 Å². The van der Waals surface area contributed by atoms with E-state index >= 15 is 0 Å². The molecule has 3 N–H and O–H groups in total. The fourth-order valence-corrected chi connectivity index (χ4v) is 3.26. The van der Waals surface area contributed by atoms with Crippen LogP contribution in [0.1, 0.15) is 36.8 Å². The van der Waals surface area contributed by atoms with Gasteiger partial charge >= 0.3 is 0 Å². The Kier molecular flexibility index (Phi) is 6.07. The van der Waals surface area contributed by atoms with Crippen LogP contribution in [-0.2, 0) is 10.3 Å². The fourth-order valence-electron chi connectivity index (χ4n) is 3.00. The SMILES string of the molecule is CC(N)(C(=O)NC1CC(c2ccccc2)C1)c1ccc(Br)cc1.Cl. The third-order valence-corrected chi connectivity index (χ3v) is 5.19. The molecule has 3 nitrogen and oxygen atoms in total. The summed E-state index contributed by atoms with van der Waals surface area (Å²) in [5, 5.41) is 3.09. The molecule has 0 bridgehead atoms. The van der Waals surface area contributed by atoms with Gasteiger partial charge in [0.2, 0.25) is 5.91 Å². The molecule has 1 unspecified atom stereocenters. The summed E-state index contributed by atoms with van der Waals surface area (Å²) in [6.07, 6.45) is 1.96. The molecule has 0 radical (unpaired) electrons. The van der Waals surface area contributed by atoms with E-state index < -0.39 is 5.54 Å². The highest BCUT2D eigenvalue weighted by atomic mass is 79.9. The van der Waals surface area contributed by atoms with Crippen LogP contribution in [0.2, 0.25) is 0 Å². The molecule has 1 fully saturated rings. The number of amides is 1. The monoisotopic (exact) mass is 408 g/mol. The third kappa shape index (κ3) is 4.00. The van der Waals surface area contributed by atoms with Crippen molar-refractivity contribution >= 4 is 34.2 Å². The number of rotatable bonds is 4. The van der Waals surface area contributed by atoms with Crippen LogP contribution in [0.3, 0.4) is 0 Å². The van der Waals surface area contributed by atoms with Crippen LogP contribution < -0.4 is 11.1 Å². The first-order valence-corrected chi connectivity index (χ1v) is 8.67. The van der Waals surface area contributed by atoms with E-state index in [4.69, 9.17) is 5.73 Å². The molecule has 1 aliphatic rings. The lowest BCUT2D eigenvalue weighted by Gasteiger charge is -2.38. The molecule has 128 valence electrons. The second-order valence-corrected chi connectivity index (χ2v) is 7.37. The molecule has 0 heterocycles. The highest BCUT2D eigenvalue weighted by Crippen LogP contribution is 2.37. The number of halogens is 2. The summed E-state index contributed by atoms with van der Waals surface area (Å²) in [6.45, 7) is 1.76. The van der Waals surface area contributed by atoms with Gasteiger partial charge in [-0.3, -0.25) is 4.79 Å². The van der Waals surface area contributed by atoms with Crippen molar-refractivity contribution in [3.8, 4) is 0 Å². The van der Waals surface area contributed by atoms with Crippen LogP contribution in [0.25, 0.3) is 0 Å². The zero-order chi connectivity index (χ0) is 16.4. The zero-order valence-electron chi connectivity index (χ0n) is 13.5. The predicted octanol–water partition coefficient (Wildman–Crippen LogP) is 4.11. The van der Waals surface area contributed by atoms with Gasteiger partial charge < -0.3 is 11.1 Å². The summed E-state index contributed by atoms with van der Waals surface area (Å²) in [4.78, 5) is 12.5. The van der Waals surface area contributed by atoms with Crippen molar-refractivity contribution in [2.75, 3.05) is 0 Å². The molecule has 2 aromatic rings. The molecular formula is C19H22BrClN2O. The third-order valence-electron chi connectivity index (χ3n) is 4.66. The van der Waals surface area contributed by atoms with Gasteiger partial charge in [-0.25, -0.2) is 0 Å². The van der Waals surface area contributed by atoms with Crippen molar-refractivity contribution in [2.24, 2.45) is 5.73 Å². The van der Waals surface area contributed by atoms with E-state index in [1.54, 1.807) is 6.92 Å². The molecule has 3 rings (SSSR count). The average Bonchev–Trinajstić information content (AvgIpc) is 2.51. The fraction of sp³-hybridized carbons (Fsp3) is 0.316. The smallest absolute Gasteiger partial charge is 0.244 e. The lowest BCUT2D eigenvalue weighted by Crippen LogP contribution is -2.54. The Morgan fingerprint density at radius 3 is 2.29 bits per heavy atom. The molecule has 5 heteroatoms. The van der Waals surface area contributed by atoms with Gasteiger partial charge in [0.15, 0.2) is 0 Å². The van der Waals surface area contributed by atoms with Crippen LogP contribution in [0, 0.1) is 0 Å². The average molecular weight is 410 g/mol. The summed E-state index contributed by atoms with van der Waals surface area (Å²) in [6, 6.07) is 18.2. The first-order chi connectivity index (χ1) is 11.0. The van der Waals surface area contributed by atoms with Gasteiger partial charge in [0.05, 0.1) is 0 Å². The van der Waals surface area contributed by atoms with Crippen LogP contribution in [0.15, 0.2) is 59.1 Å². The quantitative estimate of drug-likeness (QED) is 0.798. The van der Waals surface area contributed by atoms with E-state index in [9.17, 15) is 4.79 Å². The molecule has 1 amide bonds. The van der Waals surface area contributed by atoms with E-state index in [1.807, 2.05) is 30.3 Å². The Morgan fingerprint density at radius 1 is 1.12 bits per heavy atom. The number of nitrogens with two attached hydrogens (primary N) is 1. The van der Waals surface area contributed by atoms with Gasteiger partial charge in [0, 0.05) is 10.5 Å². The standard InChI is InChI=1S/C19H21BrN2O.ClH/c1-19(21,15-7-9-16(20)10-8-15)18(23)22-17-11-14(12-17)13-5-3-2-4-6-13;/h2-10,14,17H,11-12,21H2,1H3,(H,22,23);1H. The van der Waals surface area contributed by atoms with Gasteiger partial charge in [0.1, 0.15) is 5.54 Å². The molecule has 1 saturated carbocycles. The summed E-state index contributed by atoms with van der Waals surface area (Å²) in [5.74, 6) is 0.426. The minimum absolute atomic E-state index is 0. The number of carbonyl (C=O) groups is 1. The Morgan fingerprint density at radius 2 is 1.71 bits per heavy atom. The topological polar surface area (TPSA) is 55.1 Å². The first-order valence-electron chi connectivity index (χ1n) is 7.87. The minimum atomic E-state index is -1.02. The van der Waals surface area contributed by atoms with E-state index in [-0.39, 0.29) is 24.4 Å². The van der Waals surface area contributed by atoms with Gasteiger partial charge in [-0.15, -0.1) is 12.4 Å². The summed E-state index contributed by atoms with van der Waals surface area (Å²) in [5.41, 5.74) is 7.43. The molecule has 2 aromatic carbocycles. The van der Waals surface area contributed by atoms with Crippen LogP contribution in [-0.4, -0.2) is 11.9 Å².